The SMILES string of the molecule is CNS(=O)(=O)CCNc1cc(C(F)(F)F)nc(-c2ccncc2)n1. The summed E-state index contributed by atoms with van der Waals surface area (Å²) in [5.74, 6) is -0.555. The lowest BCUT2D eigenvalue weighted by Crippen LogP contribution is -2.26. The lowest BCUT2D eigenvalue weighted by Gasteiger charge is -2.12. The zero-order valence-electron chi connectivity index (χ0n) is 12.5. The molecule has 0 bridgehead atoms. The van der Waals surface area contributed by atoms with Crippen LogP contribution in [0.1, 0.15) is 5.69 Å². The summed E-state index contributed by atoms with van der Waals surface area (Å²) < 4.78 is 63.8. The number of anilines is 1. The molecule has 2 aromatic heterocycles. The second-order valence-electron chi connectivity index (χ2n) is 4.65. The number of halogens is 3. The van der Waals surface area contributed by atoms with E-state index in [2.05, 4.69) is 25.0 Å². The van der Waals surface area contributed by atoms with Crippen molar-refractivity contribution in [1.29, 1.82) is 0 Å². The maximum absolute atomic E-state index is 13.0. The molecule has 0 radical (unpaired) electrons. The third kappa shape index (κ3) is 4.86. The number of nitrogens with zero attached hydrogens (tertiary/aromatic N) is 3. The van der Waals surface area contributed by atoms with E-state index in [1.165, 1.54) is 31.6 Å². The molecule has 2 heterocycles. The Morgan fingerprint density at radius 2 is 1.83 bits per heavy atom. The largest absolute Gasteiger partial charge is 0.433 e. The monoisotopic (exact) mass is 361 g/mol. The van der Waals surface area contributed by atoms with Gasteiger partial charge in [-0.15, -0.1) is 0 Å². The maximum atomic E-state index is 13.0. The van der Waals surface area contributed by atoms with E-state index in [1.807, 2.05) is 0 Å². The fourth-order valence-electron chi connectivity index (χ4n) is 1.73. The van der Waals surface area contributed by atoms with Crippen LogP contribution >= 0.6 is 0 Å². The second kappa shape index (κ2) is 7.09. The molecule has 0 fully saturated rings. The van der Waals surface area contributed by atoms with Gasteiger partial charge in [0.15, 0.2) is 11.5 Å². The van der Waals surface area contributed by atoms with Crippen molar-refractivity contribution in [2.75, 3.05) is 24.7 Å². The van der Waals surface area contributed by atoms with Crippen molar-refractivity contribution in [1.82, 2.24) is 19.7 Å². The van der Waals surface area contributed by atoms with E-state index in [0.29, 0.717) is 5.56 Å². The highest BCUT2D eigenvalue weighted by atomic mass is 32.2. The van der Waals surface area contributed by atoms with Crippen molar-refractivity contribution < 1.29 is 21.6 Å². The third-order valence-corrected chi connectivity index (χ3v) is 4.31. The molecule has 130 valence electrons. The standard InChI is InChI=1S/C13H14F3N5O2S/c1-17-24(22,23)7-6-19-11-8-10(13(14,15)16)20-12(21-11)9-2-4-18-5-3-9/h2-5,8,17H,6-7H2,1H3,(H,19,20,21). The summed E-state index contributed by atoms with van der Waals surface area (Å²) in [4.78, 5) is 11.3. The molecule has 7 nitrogen and oxygen atoms in total. The number of pyridine rings is 1. The van der Waals surface area contributed by atoms with E-state index in [1.54, 1.807) is 0 Å². The molecular weight excluding hydrogens is 347 g/mol. The van der Waals surface area contributed by atoms with E-state index in [9.17, 15) is 21.6 Å². The van der Waals surface area contributed by atoms with Crippen LogP contribution in [0.5, 0.6) is 0 Å². The van der Waals surface area contributed by atoms with Crippen molar-refractivity contribution >= 4 is 15.8 Å². The molecule has 0 aliphatic carbocycles. The lowest BCUT2D eigenvalue weighted by atomic mass is 10.2. The number of sulfonamides is 1. The van der Waals surface area contributed by atoms with Crippen LogP contribution in [0, 0.1) is 0 Å². The first-order chi connectivity index (χ1) is 11.2. The number of aromatic nitrogens is 3. The Kier molecular flexibility index (Phi) is 5.34. The van der Waals surface area contributed by atoms with Crippen LogP contribution in [0.4, 0.5) is 19.0 Å². The van der Waals surface area contributed by atoms with E-state index < -0.39 is 21.9 Å². The number of alkyl halides is 3. The van der Waals surface area contributed by atoms with Crippen molar-refractivity contribution in [3.63, 3.8) is 0 Å². The van der Waals surface area contributed by atoms with Gasteiger partial charge in [-0.2, -0.15) is 13.2 Å². The molecule has 11 heteroatoms. The Bertz CT molecular complexity index is 797. The van der Waals surface area contributed by atoms with E-state index in [-0.39, 0.29) is 23.9 Å². The first kappa shape index (κ1) is 18.1. The highest BCUT2D eigenvalue weighted by Gasteiger charge is 2.33. The smallest absolute Gasteiger partial charge is 0.369 e. The first-order valence-electron chi connectivity index (χ1n) is 6.73. The van der Waals surface area contributed by atoms with Gasteiger partial charge < -0.3 is 5.32 Å². The van der Waals surface area contributed by atoms with Crippen LogP contribution < -0.4 is 10.0 Å². The summed E-state index contributed by atoms with van der Waals surface area (Å²) in [5.41, 5.74) is -0.759. The molecule has 0 atom stereocenters. The minimum absolute atomic E-state index is 0.104. The molecule has 0 amide bonds. The topological polar surface area (TPSA) is 96.9 Å². The molecule has 0 spiro atoms. The van der Waals surface area contributed by atoms with E-state index in [4.69, 9.17) is 0 Å². The minimum Gasteiger partial charge on any atom is -0.369 e. The van der Waals surface area contributed by atoms with Crippen molar-refractivity contribution in [3.8, 4) is 11.4 Å². The van der Waals surface area contributed by atoms with Gasteiger partial charge in [-0.05, 0) is 19.2 Å². The van der Waals surface area contributed by atoms with Gasteiger partial charge in [-0.25, -0.2) is 23.1 Å². The van der Waals surface area contributed by atoms with Crippen LogP contribution in [0.25, 0.3) is 11.4 Å². The van der Waals surface area contributed by atoms with Gasteiger partial charge in [-0.1, -0.05) is 0 Å². The summed E-state index contributed by atoms with van der Waals surface area (Å²) >= 11 is 0. The van der Waals surface area contributed by atoms with Crippen LogP contribution in [0.15, 0.2) is 30.6 Å². The van der Waals surface area contributed by atoms with Crippen LogP contribution in [-0.2, 0) is 16.2 Å². The predicted molar refractivity (Wildman–Crippen MR) is 81.6 cm³/mol. The van der Waals surface area contributed by atoms with Crippen LogP contribution in [0.2, 0.25) is 0 Å². The number of hydrogen-bond donors (Lipinski definition) is 2. The van der Waals surface area contributed by atoms with E-state index >= 15 is 0 Å². The van der Waals surface area contributed by atoms with Crippen molar-refractivity contribution in [2.24, 2.45) is 0 Å². The fraction of sp³-hybridized carbons (Fsp3) is 0.308. The Labute approximate surface area is 136 Å². The first-order valence-corrected chi connectivity index (χ1v) is 8.38. The second-order valence-corrected chi connectivity index (χ2v) is 6.69. The molecule has 2 aromatic rings. The van der Waals surface area contributed by atoms with Gasteiger partial charge in [0.25, 0.3) is 0 Å². The van der Waals surface area contributed by atoms with Gasteiger partial charge in [-0.3, -0.25) is 4.98 Å². The molecule has 0 aliphatic rings. The molecule has 0 aliphatic heterocycles. The van der Waals surface area contributed by atoms with Crippen molar-refractivity contribution in [3.05, 3.63) is 36.3 Å². The molecule has 2 rings (SSSR count). The van der Waals surface area contributed by atoms with Gasteiger partial charge in [0.2, 0.25) is 10.0 Å². The molecule has 0 unspecified atom stereocenters. The van der Waals surface area contributed by atoms with Gasteiger partial charge in [0, 0.05) is 30.6 Å². The molecule has 0 saturated carbocycles. The summed E-state index contributed by atoms with van der Waals surface area (Å²) in [6.45, 7) is -0.104. The normalized spacial score (nSPS) is 12.2. The Hall–Kier alpha value is -2.27. The molecule has 2 N–H and O–H groups in total. The lowest BCUT2D eigenvalue weighted by molar-refractivity contribution is -0.141. The number of nitrogens with one attached hydrogen (secondary N) is 2. The average molecular weight is 361 g/mol. The van der Waals surface area contributed by atoms with Crippen LogP contribution in [0.3, 0.4) is 0 Å². The summed E-state index contributed by atoms with van der Waals surface area (Å²) in [6, 6.07) is 3.69. The number of hydrogen-bond acceptors (Lipinski definition) is 6. The summed E-state index contributed by atoms with van der Waals surface area (Å²) in [6.07, 6.45) is -1.84. The zero-order chi connectivity index (χ0) is 17.8. The molecule has 0 saturated heterocycles. The third-order valence-electron chi connectivity index (χ3n) is 2.94. The molecule has 24 heavy (non-hydrogen) atoms. The zero-order valence-corrected chi connectivity index (χ0v) is 13.3. The minimum atomic E-state index is -4.65. The van der Waals surface area contributed by atoms with Crippen LogP contribution in [-0.4, -0.2) is 42.7 Å². The predicted octanol–water partition coefficient (Wildman–Crippen LogP) is 1.52. The van der Waals surface area contributed by atoms with E-state index in [0.717, 1.165) is 6.07 Å². The van der Waals surface area contributed by atoms with Gasteiger partial charge in [0.05, 0.1) is 5.75 Å². The van der Waals surface area contributed by atoms with Gasteiger partial charge >= 0.3 is 6.18 Å². The Morgan fingerprint density at radius 3 is 2.42 bits per heavy atom. The fourth-order valence-corrected chi connectivity index (χ4v) is 2.30. The Balaban J connectivity index is 2.30. The maximum Gasteiger partial charge on any atom is 0.433 e. The summed E-state index contributed by atoms with van der Waals surface area (Å²) in [7, 11) is -2.22. The summed E-state index contributed by atoms with van der Waals surface area (Å²) in [5, 5.41) is 2.57. The molecule has 0 aromatic carbocycles. The highest BCUT2D eigenvalue weighted by molar-refractivity contribution is 7.89. The van der Waals surface area contributed by atoms with Gasteiger partial charge in [0.1, 0.15) is 5.82 Å². The number of rotatable bonds is 6. The highest BCUT2D eigenvalue weighted by Crippen LogP contribution is 2.30. The molecular formula is C13H14F3N5O2S. The average Bonchev–Trinajstić information content (AvgIpc) is 2.54. The quantitative estimate of drug-likeness (QED) is 0.810. The Morgan fingerprint density at radius 1 is 1.17 bits per heavy atom. The van der Waals surface area contributed by atoms with Crippen molar-refractivity contribution in [2.45, 2.75) is 6.18 Å².